The second-order valence-corrected chi connectivity index (χ2v) is 12.5. The third-order valence-corrected chi connectivity index (χ3v) is 9.06. The van der Waals surface area contributed by atoms with Gasteiger partial charge in [-0.2, -0.15) is 11.8 Å². The number of ketones is 1. The molecule has 1 N–H and O–H groups in total. The summed E-state index contributed by atoms with van der Waals surface area (Å²) in [5.41, 5.74) is 0. The molecule has 2 heterocycles. The molecule has 0 aromatic heterocycles. The monoisotopic (exact) mass is 628 g/mol. The molecule has 0 aromatic carbocycles. The zero-order valence-corrected chi connectivity index (χ0v) is 28.8. The second kappa shape index (κ2) is 30.4. The van der Waals surface area contributed by atoms with Gasteiger partial charge in [-0.05, 0) is 70.6 Å². The summed E-state index contributed by atoms with van der Waals surface area (Å²) >= 11 is 2.07. The van der Waals surface area contributed by atoms with Crippen molar-refractivity contribution in [1.82, 2.24) is 15.1 Å². The van der Waals surface area contributed by atoms with E-state index in [4.69, 9.17) is 0 Å². The van der Waals surface area contributed by atoms with Crippen molar-refractivity contribution >= 4 is 23.5 Å². The Kier molecular flexibility index (Phi) is 29.2. The Morgan fingerprint density at radius 2 is 1.63 bits per heavy atom. The highest BCUT2D eigenvalue weighted by molar-refractivity contribution is 8.00. The van der Waals surface area contributed by atoms with Gasteiger partial charge in [0.1, 0.15) is 5.78 Å². The first-order chi connectivity index (χ1) is 20.9. The van der Waals surface area contributed by atoms with Gasteiger partial charge in [-0.15, -0.1) is 10.1 Å². The summed E-state index contributed by atoms with van der Waals surface area (Å²) in [4.78, 5) is 42.4. The maximum absolute atomic E-state index is 11.7. The largest absolute Gasteiger partial charge is 0.356 e. The zero-order valence-electron chi connectivity index (χ0n) is 28.0. The Morgan fingerprint density at radius 3 is 2.23 bits per heavy atom. The minimum absolute atomic E-state index is 0.145. The van der Waals surface area contributed by atoms with Gasteiger partial charge in [0.2, 0.25) is 5.91 Å². The maximum atomic E-state index is 11.7. The topological polar surface area (TPSA) is 105 Å². The Bertz CT molecular complexity index is 711. The number of nitrogens with one attached hydrogen (secondary N) is 1. The number of carbonyl (C=O) groups excluding carboxylic acids is 2. The molecule has 0 spiro atoms. The van der Waals surface area contributed by atoms with Crippen LogP contribution in [0.5, 0.6) is 0 Å². The number of amides is 1. The van der Waals surface area contributed by atoms with Crippen molar-refractivity contribution in [2.75, 3.05) is 58.2 Å². The molecule has 1 unspecified atom stereocenters. The summed E-state index contributed by atoms with van der Waals surface area (Å²) in [5, 5.41) is 13.1. The van der Waals surface area contributed by atoms with E-state index in [2.05, 4.69) is 44.7 Å². The standard InChI is InChI=1S/C17H32N4O4.C14H26OS.C2H6/c1-2-3-4-5-8-17(22)18-9-6-10-19-12-14-20(15-13-19)11-7-16-25-21(23)24;1-2-3-4-5-6-8-13(15)10-11-14-9-7-12-16-14;1-2/h2-3H,4-16H2,1H3,(H,18,22);14H,2-12H2,1H3;1-2H3/b3-2-;;. The van der Waals surface area contributed by atoms with E-state index >= 15 is 0 Å². The van der Waals surface area contributed by atoms with Crippen molar-refractivity contribution in [2.45, 2.75) is 129 Å². The summed E-state index contributed by atoms with van der Waals surface area (Å²) in [7, 11) is 0. The van der Waals surface area contributed by atoms with Crippen molar-refractivity contribution in [3.8, 4) is 0 Å². The number of rotatable bonds is 22. The van der Waals surface area contributed by atoms with Crippen LogP contribution in [-0.2, 0) is 14.4 Å². The van der Waals surface area contributed by atoms with Crippen LogP contribution >= 0.6 is 11.8 Å². The lowest BCUT2D eigenvalue weighted by Gasteiger charge is -2.34. The Balaban J connectivity index is 0.000000842. The fourth-order valence-electron chi connectivity index (χ4n) is 5.07. The average molecular weight is 629 g/mol. The van der Waals surface area contributed by atoms with Crippen LogP contribution < -0.4 is 5.32 Å². The number of allylic oxidation sites excluding steroid dienone is 2. The molecule has 0 aromatic rings. The molecule has 2 saturated heterocycles. The van der Waals surface area contributed by atoms with Crippen LogP contribution in [0.25, 0.3) is 0 Å². The number of carbonyl (C=O) groups is 2. The minimum Gasteiger partial charge on any atom is -0.356 e. The van der Waals surface area contributed by atoms with Gasteiger partial charge in [0.25, 0.3) is 5.09 Å². The van der Waals surface area contributed by atoms with Crippen LogP contribution in [0.3, 0.4) is 0 Å². The van der Waals surface area contributed by atoms with Gasteiger partial charge in [0.05, 0.1) is 6.61 Å². The molecule has 2 aliphatic heterocycles. The molecule has 2 fully saturated rings. The van der Waals surface area contributed by atoms with Crippen LogP contribution in [0.1, 0.15) is 124 Å². The highest BCUT2D eigenvalue weighted by Gasteiger charge is 2.17. The molecule has 2 rings (SSSR count). The van der Waals surface area contributed by atoms with Crippen LogP contribution in [0.15, 0.2) is 12.2 Å². The normalized spacial score (nSPS) is 17.1. The molecular weight excluding hydrogens is 564 g/mol. The number of hydrogen-bond donors (Lipinski definition) is 1. The molecule has 0 radical (unpaired) electrons. The van der Waals surface area contributed by atoms with Crippen molar-refractivity contribution in [2.24, 2.45) is 0 Å². The van der Waals surface area contributed by atoms with Crippen molar-refractivity contribution < 1.29 is 19.5 Å². The van der Waals surface area contributed by atoms with E-state index in [-0.39, 0.29) is 12.5 Å². The highest BCUT2D eigenvalue weighted by Crippen LogP contribution is 2.29. The summed E-state index contributed by atoms with van der Waals surface area (Å²) in [6.07, 6.45) is 20.0. The molecule has 43 heavy (non-hydrogen) atoms. The quantitative estimate of drug-likeness (QED) is 0.0587. The Hall–Kier alpha value is -1.65. The summed E-state index contributed by atoms with van der Waals surface area (Å²) < 4.78 is 0. The molecule has 1 amide bonds. The molecule has 252 valence electrons. The number of nitrogens with zero attached hydrogens (tertiary/aromatic N) is 3. The molecule has 2 aliphatic rings. The number of piperazine rings is 1. The van der Waals surface area contributed by atoms with Crippen molar-refractivity contribution in [3.63, 3.8) is 0 Å². The van der Waals surface area contributed by atoms with Crippen molar-refractivity contribution in [3.05, 3.63) is 22.3 Å². The van der Waals surface area contributed by atoms with E-state index in [1.807, 2.05) is 26.8 Å². The Labute approximate surface area is 267 Å². The fraction of sp³-hybridized carbons (Fsp3) is 0.879. The highest BCUT2D eigenvalue weighted by atomic mass is 32.2. The first kappa shape index (κ1) is 41.4. The summed E-state index contributed by atoms with van der Waals surface area (Å²) in [5.74, 6) is 1.96. The summed E-state index contributed by atoms with van der Waals surface area (Å²) in [6, 6.07) is 0. The lowest BCUT2D eigenvalue weighted by atomic mass is 10.0. The van der Waals surface area contributed by atoms with Crippen LogP contribution in [0.2, 0.25) is 0 Å². The molecule has 10 heteroatoms. The van der Waals surface area contributed by atoms with Gasteiger partial charge in [-0.25, -0.2) is 0 Å². The van der Waals surface area contributed by atoms with Crippen LogP contribution in [0, 0.1) is 10.1 Å². The first-order valence-corrected chi connectivity index (χ1v) is 18.2. The van der Waals surface area contributed by atoms with Gasteiger partial charge >= 0.3 is 0 Å². The average Bonchev–Trinajstić information content (AvgIpc) is 3.54. The SMILES string of the molecule is C/C=C\CCCC(=O)NCCCN1CCN(CCCO[N+](=O)[O-])CC1.CC.CCCCCCCC(=O)CCC1CCCS1. The van der Waals surface area contributed by atoms with E-state index in [0.717, 1.165) is 96.0 Å². The second-order valence-electron chi connectivity index (χ2n) is 11.1. The molecule has 0 bridgehead atoms. The van der Waals surface area contributed by atoms with E-state index in [1.54, 1.807) is 0 Å². The number of hydrogen-bond acceptors (Lipinski definition) is 8. The van der Waals surface area contributed by atoms with E-state index in [0.29, 0.717) is 18.6 Å². The van der Waals surface area contributed by atoms with Gasteiger partial charge < -0.3 is 20.0 Å². The first-order valence-electron chi connectivity index (χ1n) is 17.2. The predicted octanol–water partition coefficient (Wildman–Crippen LogP) is 7.07. The lowest BCUT2D eigenvalue weighted by Crippen LogP contribution is -2.47. The van der Waals surface area contributed by atoms with Gasteiger partial charge in [0.15, 0.2) is 0 Å². The molecule has 0 aliphatic carbocycles. The number of thioether (sulfide) groups is 1. The predicted molar refractivity (Wildman–Crippen MR) is 181 cm³/mol. The van der Waals surface area contributed by atoms with Crippen molar-refractivity contribution in [1.29, 1.82) is 0 Å². The molecule has 0 saturated carbocycles. The maximum Gasteiger partial charge on any atom is 0.294 e. The van der Waals surface area contributed by atoms with Crippen LogP contribution in [0.4, 0.5) is 0 Å². The minimum atomic E-state index is -0.737. The third-order valence-electron chi connectivity index (χ3n) is 7.59. The third kappa shape index (κ3) is 26.5. The fourth-order valence-corrected chi connectivity index (χ4v) is 6.36. The Morgan fingerprint density at radius 1 is 0.953 bits per heavy atom. The number of unbranched alkanes of at least 4 members (excludes halogenated alkanes) is 5. The van der Waals surface area contributed by atoms with E-state index in [1.165, 1.54) is 44.3 Å². The number of Topliss-reactive ketones (excluding diaryl/α,β-unsaturated/α-hetero) is 1. The summed E-state index contributed by atoms with van der Waals surface area (Å²) in [6.45, 7) is 14.9. The molecule has 1 atom stereocenters. The molecule has 9 nitrogen and oxygen atoms in total. The zero-order chi connectivity index (χ0) is 32.0. The van der Waals surface area contributed by atoms with Gasteiger partial charge in [-0.1, -0.05) is 58.6 Å². The van der Waals surface area contributed by atoms with Gasteiger partial charge in [-0.3, -0.25) is 9.59 Å². The van der Waals surface area contributed by atoms with Gasteiger partial charge in [0, 0.05) is 63.8 Å². The van der Waals surface area contributed by atoms with Crippen LogP contribution in [-0.4, -0.2) is 90.0 Å². The van der Waals surface area contributed by atoms with E-state index < -0.39 is 5.09 Å². The smallest absolute Gasteiger partial charge is 0.294 e. The van der Waals surface area contributed by atoms with E-state index in [9.17, 15) is 19.7 Å². The molecular formula is C33H64N4O5S. The lowest BCUT2D eigenvalue weighted by molar-refractivity contribution is -0.757.